The molecule has 1 aromatic heterocycles. The molecule has 0 atom stereocenters. The quantitative estimate of drug-likeness (QED) is 0.390. The Bertz CT molecular complexity index is 1130. The highest BCUT2D eigenvalue weighted by molar-refractivity contribution is 5.92. The van der Waals surface area contributed by atoms with Crippen molar-refractivity contribution in [3.63, 3.8) is 0 Å². The van der Waals surface area contributed by atoms with Gasteiger partial charge in [-0.2, -0.15) is 4.98 Å². The average molecular weight is 456 g/mol. The number of nitrogen functional groups attached to an aromatic ring is 2. The lowest BCUT2D eigenvalue weighted by molar-refractivity contribution is -0.143. The molecule has 33 heavy (non-hydrogen) atoms. The van der Waals surface area contributed by atoms with Gasteiger partial charge in [-0.1, -0.05) is 6.07 Å². The molecule has 0 aliphatic heterocycles. The van der Waals surface area contributed by atoms with Crippen LogP contribution in [0.2, 0.25) is 0 Å². The molecule has 0 aliphatic carbocycles. The number of esters is 1. The third-order valence-electron chi connectivity index (χ3n) is 5.08. The highest BCUT2D eigenvalue weighted by atomic mass is 16.5. The number of ether oxygens (including phenoxy) is 4. The monoisotopic (exact) mass is 455 g/mol. The van der Waals surface area contributed by atoms with E-state index in [0.717, 1.165) is 22.2 Å². The molecule has 0 saturated carbocycles. The number of hydrogen-bond donors (Lipinski definition) is 3. The number of hydrogen-bond acceptors (Lipinski definition) is 10. The van der Waals surface area contributed by atoms with Crippen LogP contribution in [-0.4, -0.2) is 43.4 Å². The number of nitrogens with one attached hydrogen (secondary N) is 1. The fraction of sp³-hybridized carbons (Fsp3) is 0.348. The topological polar surface area (TPSA) is 144 Å². The smallest absolute Gasteiger partial charge is 0.309 e. The van der Waals surface area contributed by atoms with Crippen LogP contribution in [0.15, 0.2) is 24.3 Å². The molecular weight excluding hydrogens is 426 g/mol. The Morgan fingerprint density at radius 3 is 2.42 bits per heavy atom. The number of nitrogens with zero attached hydrogens (tertiary/aromatic N) is 2. The van der Waals surface area contributed by atoms with Crippen molar-refractivity contribution in [2.75, 3.05) is 44.2 Å². The average Bonchev–Trinajstić information content (AvgIpc) is 2.78. The van der Waals surface area contributed by atoms with Crippen LogP contribution in [0.25, 0.3) is 10.9 Å². The van der Waals surface area contributed by atoms with Crippen LogP contribution in [0.5, 0.6) is 17.2 Å². The molecule has 10 nitrogen and oxygen atoms in total. The minimum absolute atomic E-state index is 0.125. The number of fused-ring (bicyclic) bond motifs is 1. The molecule has 2 aromatic carbocycles. The van der Waals surface area contributed by atoms with E-state index in [-0.39, 0.29) is 24.9 Å². The molecule has 0 radical (unpaired) electrons. The van der Waals surface area contributed by atoms with Gasteiger partial charge in [0.15, 0.2) is 11.5 Å². The van der Waals surface area contributed by atoms with Crippen LogP contribution in [0, 0.1) is 6.92 Å². The first-order valence-corrected chi connectivity index (χ1v) is 10.5. The molecule has 0 unspecified atom stereocenters. The first-order chi connectivity index (χ1) is 15.9. The van der Waals surface area contributed by atoms with Crippen molar-refractivity contribution in [2.24, 2.45) is 0 Å². The van der Waals surface area contributed by atoms with E-state index >= 15 is 0 Å². The predicted octanol–water partition coefficient (Wildman–Crippen LogP) is 3.06. The number of rotatable bonds is 10. The molecule has 0 fully saturated rings. The molecular formula is C23H29N5O5. The zero-order valence-corrected chi connectivity index (χ0v) is 19.2. The lowest BCUT2D eigenvalue weighted by Gasteiger charge is -2.17. The van der Waals surface area contributed by atoms with Crippen LogP contribution in [0.4, 0.5) is 17.5 Å². The lowest BCUT2D eigenvalue weighted by atomic mass is 10.0. The van der Waals surface area contributed by atoms with Crippen molar-refractivity contribution in [2.45, 2.75) is 26.8 Å². The largest absolute Gasteiger partial charge is 0.493 e. The van der Waals surface area contributed by atoms with Gasteiger partial charge in [-0.15, -0.1) is 0 Å². The maximum absolute atomic E-state index is 11.6. The van der Waals surface area contributed by atoms with Gasteiger partial charge in [-0.25, -0.2) is 4.98 Å². The summed E-state index contributed by atoms with van der Waals surface area (Å²) in [6.07, 6.45) is 0.125. The van der Waals surface area contributed by atoms with Crippen molar-refractivity contribution >= 4 is 34.3 Å². The van der Waals surface area contributed by atoms with E-state index in [0.29, 0.717) is 41.7 Å². The van der Waals surface area contributed by atoms with Gasteiger partial charge in [0.25, 0.3) is 0 Å². The van der Waals surface area contributed by atoms with E-state index in [2.05, 4.69) is 15.3 Å². The molecule has 5 N–H and O–H groups in total. The molecule has 176 valence electrons. The Hall–Kier alpha value is -3.95. The number of anilines is 3. The van der Waals surface area contributed by atoms with E-state index < -0.39 is 0 Å². The van der Waals surface area contributed by atoms with Crippen LogP contribution in [-0.2, 0) is 16.1 Å². The zero-order chi connectivity index (χ0) is 24.0. The number of aromatic nitrogens is 2. The van der Waals surface area contributed by atoms with Crippen molar-refractivity contribution in [3.8, 4) is 17.2 Å². The number of carbonyl (C=O) groups is 1. The number of nitrogens with two attached hydrogens (primary N) is 2. The van der Waals surface area contributed by atoms with E-state index in [9.17, 15) is 4.79 Å². The Morgan fingerprint density at radius 2 is 1.79 bits per heavy atom. The van der Waals surface area contributed by atoms with Crippen molar-refractivity contribution in [1.82, 2.24) is 9.97 Å². The summed E-state index contributed by atoms with van der Waals surface area (Å²) in [5.74, 6) is 1.54. The third kappa shape index (κ3) is 5.46. The standard InChI is InChI=1S/C23H29N5O5/c1-5-32-19(29)8-9-33-21-17(30-3)10-15(11-18(21)31-4)26-12-14-6-7-16-20(13(14)2)22(24)28-23(25)27-16/h6-7,10-11,26H,5,8-9,12H2,1-4H3,(H4,24,25,27,28). The Labute approximate surface area is 192 Å². The number of methoxy groups -OCH3 is 2. The van der Waals surface area contributed by atoms with Gasteiger partial charge in [0, 0.05) is 29.8 Å². The second-order valence-corrected chi connectivity index (χ2v) is 7.18. The van der Waals surface area contributed by atoms with E-state index in [1.54, 1.807) is 33.3 Å². The molecule has 0 amide bonds. The SMILES string of the molecule is CCOC(=O)CCOc1c(OC)cc(NCc2ccc3nc(N)nc(N)c3c2C)cc1OC. The maximum Gasteiger partial charge on any atom is 0.309 e. The van der Waals surface area contributed by atoms with Crippen molar-refractivity contribution in [1.29, 1.82) is 0 Å². The van der Waals surface area contributed by atoms with Gasteiger partial charge < -0.3 is 35.7 Å². The normalized spacial score (nSPS) is 10.7. The number of aryl methyl sites for hydroxylation is 1. The number of benzene rings is 2. The van der Waals surface area contributed by atoms with Crippen LogP contribution < -0.4 is 31.0 Å². The second-order valence-electron chi connectivity index (χ2n) is 7.18. The molecule has 0 saturated heterocycles. The Kier molecular flexibility index (Phi) is 7.60. The van der Waals surface area contributed by atoms with Gasteiger partial charge in [-0.3, -0.25) is 4.79 Å². The summed E-state index contributed by atoms with van der Waals surface area (Å²) < 4.78 is 21.7. The van der Waals surface area contributed by atoms with Gasteiger partial charge in [-0.05, 0) is 31.0 Å². The van der Waals surface area contributed by atoms with Gasteiger partial charge in [0.1, 0.15) is 5.82 Å². The zero-order valence-electron chi connectivity index (χ0n) is 19.2. The third-order valence-corrected chi connectivity index (χ3v) is 5.08. The summed E-state index contributed by atoms with van der Waals surface area (Å²) >= 11 is 0. The molecule has 10 heteroatoms. The molecule has 3 aromatic rings. The Morgan fingerprint density at radius 1 is 1.09 bits per heavy atom. The molecule has 3 rings (SSSR count). The van der Waals surface area contributed by atoms with Crippen LogP contribution in [0.1, 0.15) is 24.5 Å². The fourth-order valence-electron chi connectivity index (χ4n) is 3.47. The Balaban J connectivity index is 1.79. The molecule has 0 spiro atoms. The van der Waals surface area contributed by atoms with E-state index in [1.165, 1.54) is 0 Å². The summed E-state index contributed by atoms with van der Waals surface area (Å²) in [6.45, 7) is 4.71. The first-order valence-electron chi connectivity index (χ1n) is 10.5. The molecule has 0 bridgehead atoms. The summed E-state index contributed by atoms with van der Waals surface area (Å²) in [7, 11) is 3.08. The molecule has 1 heterocycles. The van der Waals surface area contributed by atoms with Crippen LogP contribution >= 0.6 is 0 Å². The van der Waals surface area contributed by atoms with Crippen molar-refractivity contribution in [3.05, 3.63) is 35.4 Å². The van der Waals surface area contributed by atoms with Gasteiger partial charge in [0.05, 0.1) is 39.4 Å². The van der Waals surface area contributed by atoms with Crippen molar-refractivity contribution < 1.29 is 23.7 Å². The lowest BCUT2D eigenvalue weighted by Crippen LogP contribution is -2.10. The van der Waals surface area contributed by atoms with Gasteiger partial charge in [0.2, 0.25) is 11.7 Å². The van der Waals surface area contributed by atoms with Gasteiger partial charge >= 0.3 is 5.97 Å². The summed E-state index contributed by atoms with van der Waals surface area (Å²) in [4.78, 5) is 19.9. The van der Waals surface area contributed by atoms with Crippen LogP contribution in [0.3, 0.4) is 0 Å². The first kappa shape index (κ1) is 23.7. The fourth-order valence-corrected chi connectivity index (χ4v) is 3.47. The second kappa shape index (κ2) is 10.6. The maximum atomic E-state index is 11.6. The summed E-state index contributed by atoms with van der Waals surface area (Å²) in [6, 6.07) is 7.45. The predicted molar refractivity (Wildman–Crippen MR) is 127 cm³/mol. The summed E-state index contributed by atoms with van der Waals surface area (Å²) in [5, 5.41) is 4.15. The molecule has 0 aliphatic rings. The summed E-state index contributed by atoms with van der Waals surface area (Å²) in [5.41, 5.74) is 15.2. The minimum Gasteiger partial charge on any atom is -0.493 e. The minimum atomic E-state index is -0.326. The highest BCUT2D eigenvalue weighted by Gasteiger charge is 2.16. The highest BCUT2D eigenvalue weighted by Crippen LogP contribution is 2.40. The van der Waals surface area contributed by atoms with E-state index in [1.807, 2.05) is 19.1 Å². The van der Waals surface area contributed by atoms with E-state index in [4.69, 9.17) is 30.4 Å². The number of carbonyl (C=O) groups excluding carboxylic acids is 1.